The molecule has 0 radical (unpaired) electrons. The van der Waals surface area contributed by atoms with Crippen LogP contribution in [-0.2, 0) is 0 Å². The van der Waals surface area contributed by atoms with Crippen LogP contribution in [0.15, 0.2) is 22.7 Å². The van der Waals surface area contributed by atoms with Gasteiger partial charge in [0.2, 0.25) is 0 Å². The second kappa shape index (κ2) is 4.21. The van der Waals surface area contributed by atoms with Gasteiger partial charge in [0, 0.05) is 10.5 Å². The lowest BCUT2D eigenvalue weighted by Crippen LogP contribution is -2.26. The van der Waals surface area contributed by atoms with Gasteiger partial charge in [-0.3, -0.25) is 0 Å². The molecule has 14 heavy (non-hydrogen) atoms. The molecule has 2 N–H and O–H groups in total. The highest BCUT2D eigenvalue weighted by molar-refractivity contribution is 9.10. The van der Waals surface area contributed by atoms with E-state index in [0.717, 1.165) is 9.50 Å². The Bertz CT molecular complexity index is 336. The zero-order valence-corrected chi connectivity index (χ0v) is 10.2. The summed E-state index contributed by atoms with van der Waals surface area (Å²) < 4.78 is 0.937. The van der Waals surface area contributed by atoms with Crippen molar-refractivity contribution in [3.05, 3.63) is 33.3 Å². The van der Waals surface area contributed by atoms with E-state index in [-0.39, 0.29) is 6.04 Å². The lowest BCUT2D eigenvalue weighted by atomic mass is 9.78. The summed E-state index contributed by atoms with van der Waals surface area (Å²) in [5, 5.41) is 0.745. The van der Waals surface area contributed by atoms with E-state index in [0.29, 0.717) is 5.92 Å². The van der Waals surface area contributed by atoms with Crippen LogP contribution in [0.2, 0.25) is 5.02 Å². The zero-order chi connectivity index (χ0) is 10.1. The second-order valence-corrected chi connectivity index (χ2v) is 5.15. The third kappa shape index (κ3) is 1.97. The van der Waals surface area contributed by atoms with Gasteiger partial charge in [-0.1, -0.05) is 24.1 Å². The van der Waals surface area contributed by atoms with Gasteiger partial charge in [0.1, 0.15) is 0 Å². The van der Waals surface area contributed by atoms with Crippen molar-refractivity contribution < 1.29 is 0 Å². The second-order valence-electron chi connectivity index (χ2n) is 3.89. The minimum absolute atomic E-state index is 0.178. The van der Waals surface area contributed by atoms with Crippen LogP contribution in [0.25, 0.3) is 0 Å². The summed E-state index contributed by atoms with van der Waals surface area (Å²) in [6.45, 7) is 0. The third-order valence-corrected chi connectivity index (χ3v) is 4.20. The van der Waals surface area contributed by atoms with Crippen molar-refractivity contribution in [2.45, 2.75) is 25.3 Å². The molecule has 1 fully saturated rings. The lowest BCUT2D eigenvalue weighted by Gasteiger charge is -2.31. The number of nitrogens with two attached hydrogens (primary N) is 1. The van der Waals surface area contributed by atoms with E-state index >= 15 is 0 Å². The van der Waals surface area contributed by atoms with Crippen molar-refractivity contribution >= 4 is 27.5 Å². The molecule has 1 aromatic carbocycles. The maximum atomic E-state index is 6.16. The predicted molar refractivity (Wildman–Crippen MR) is 63.4 cm³/mol. The molecular formula is C11H13BrClN. The van der Waals surface area contributed by atoms with Gasteiger partial charge in [-0.25, -0.2) is 0 Å². The Morgan fingerprint density at radius 3 is 2.64 bits per heavy atom. The van der Waals surface area contributed by atoms with E-state index in [1.165, 1.54) is 24.8 Å². The number of rotatable bonds is 2. The van der Waals surface area contributed by atoms with Crippen molar-refractivity contribution in [3.63, 3.8) is 0 Å². The topological polar surface area (TPSA) is 26.0 Å². The first-order chi connectivity index (χ1) is 6.68. The predicted octanol–water partition coefficient (Wildman–Crippen LogP) is 3.90. The minimum Gasteiger partial charge on any atom is -0.324 e. The van der Waals surface area contributed by atoms with Crippen LogP contribution in [0.4, 0.5) is 0 Å². The Morgan fingerprint density at radius 1 is 1.43 bits per heavy atom. The van der Waals surface area contributed by atoms with Gasteiger partial charge in [-0.05, 0) is 52.4 Å². The number of halogens is 2. The maximum absolute atomic E-state index is 6.16. The number of hydrogen-bond acceptors (Lipinski definition) is 1. The normalized spacial score (nSPS) is 19.1. The van der Waals surface area contributed by atoms with E-state index in [2.05, 4.69) is 15.9 Å². The Labute approximate surface area is 97.8 Å². The summed E-state index contributed by atoms with van der Waals surface area (Å²) in [4.78, 5) is 0. The molecule has 0 bridgehead atoms. The molecule has 3 heteroatoms. The van der Waals surface area contributed by atoms with Crippen LogP contribution in [0, 0.1) is 5.92 Å². The molecule has 2 rings (SSSR count). The van der Waals surface area contributed by atoms with Crippen LogP contribution in [0.5, 0.6) is 0 Å². The fraction of sp³-hybridized carbons (Fsp3) is 0.455. The van der Waals surface area contributed by atoms with Gasteiger partial charge < -0.3 is 5.73 Å². The molecular weight excluding hydrogens is 261 g/mol. The molecule has 0 amide bonds. The molecule has 1 nitrogen and oxygen atoms in total. The first kappa shape index (κ1) is 10.5. The molecule has 0 aliphatic heterocycles. The molecule has 76 valence electrons. The van der Waals surface area contributed by atoms with Crippen LogP contribution in [0.1, 0.15) is 30.9 Å². The van der Waals surface area contributed by atoms with E-state index in [9.17, 15) is 0 Å². The van der Waals surface area contributed by atoms with Crippen molar-refractivity contribution in [2.24, 2.45) is 11.7 Å². The van der Waals surface area contributed by atoms with Crippen LogP contribution >= 0.6 is 27.5 Å². The van der Waals surface area contributed by atoms with E-state index in [4.69, 9.17) is 17.3 Å². The molecule has 0 spiro atoms. The van der Waals surface area contributed by atoms with E-state index < -0.39 is 0 Å². The Hall–Kier alpha value is -0.0500. The zero-order valence-electron chi connectivity index (χ0n) is 7.84. The Morgan fingerprint density at radius 2 is 2.14 bits per heavy atom. The van der Waals surface area contributed by atoms with Gasteiger partial charge in [-0.15, -0.1) is 0 Å². The first-order valence-electron chi connectivity index (χ1n) is 4.89. The molecule has 1 aliphatic carbocycles. The van der Waals surface area contributed by atoms with E-state index in [1.54, 1.807) is 0 Å². The summed E-state index contributed by atoms with van der Waals surface area (Å²) >= 11 is 9.34. The van der Waals surface area contributed by atoms with Crippen LogP contribution in [-0.4, -0.2) is 0 Å². The van der Waals surface area contributed by atoms with Gasteiger partial charge in [0.05, 0.1) is 5.02 Å². The van der Waals surface area contributed by atoms with Gasteiger partial charge in [0.25, 0.3) is 0 Å². The number of benzene rings is 1. The van der Waals surface area contributed by atoms with Gasteiger partial charge >= 0.3 is 0 Å². The fourth-order valence-corrected chi connectivity index (χ4v) is 2.30. The highest BCUT2D eigenvalue weighted by Crippen LogP contribution is 2.37. The standard InChI is InChI=1S/C11H13BrClN/c12-9-6-8(4-5-10(9)13)11(14)7-2-1-3-7/h4-7,11H,1-3,14H2. The largest absolute Gasteiger partial charge is 0.324 e. The minimum atomic E-state index is 0.178. The average Bonchev–Trinajstić information content (AvgIpc) is 2.06. The van der Waals surface area contributed by atoms with Crippen LogP contribution in [0.3, 0.4) is 0 Å². The summed E-state index contributed by atoms with van der Waals surface area (Å²) in [7, 11) is 0. The quantitative estimate of drug-likeness (QED) is 0.869. The van der Waals surface area contributed by atoms with Crippen molar-refractivity contribution in [3.8, 4) is 0 Å². The fourth-order valence-electron chi connectivity index (χ4n) is 1.79. The Balaban J connectivity index is 2.18. The summed E-state index contributed by atoms with van der Waals surface area (Å²) in [5.74, 6) is 0.670. The highest BCUT2D eigenvalue weighted by atomic mass is 79.9. The molecule has 1 saturated carbocycles. The highest BCUT2D eigenvalue weighted by Gasteiger charge is 2.25. The number of hydrogen-bond donors (Lipinski definition) is 1. The molecule has 0 aromatic heterocycles. The summed E-state index contributed by atoms with van der Waals surface area (Å²) in [6, 6.07) is 6.14. The van der Waals surface area contributed by atoms with Crippen molar-refractivity contribution in [1.82, 2.24) is 0 Å². The molecule has 0 saturated heterocycles. The van der Waals surface area contributed by atoms with Crippen LogP contribution < -0.4 is 5.73 Å². The lowest BCUT2D eigenvalue weighted by molar-refractivity contribution is 0.264. The molecule has 1 unspecified atom stereocenters. The van der Waals surface area contributed by atoms with Gasteiger partial charge in [0.15, 0.2) is 0 Å². The third-order valence-electron chi connectivity index (χ3n) is 2.99. The smallest absolute Gasteiger partial charge is 0.0548 e. The first-order valence-corrected chi connectivity index (χ1v) is 6.06. The summed E-state index contributed by atoms with van der Waals surface area (Å²) in [5.41, 5.74) is 7.34. The maximum Gasteiger partial charge on any atom is 0.0548 e. The molecule has 1 aromatic rings. The summed E-state index contributed by atoms with van der Waals surface area (Å²) in [6.07, 6.45) is 3.86. The SMILES string of the molecule is NC(c1ccc(Cl)c(Br)c1)C1CCC1. The van der Waals surface area contributed by atoms with Gasteiger partial charge in [-0.2, -0.15) is 0 Å². The van der Waals surface area contributed by atoms with E-state index in [1.807, 2.05) is 18.2 Å². The molecule has 0 heterocycles. The average molecular weight is 275 g/mol. The molecule has 1 aliphatic rings. The Kier molecular flexibility index (Phi) is 3.15. The molecule has 1 atom stereocenters. The van der Waals surface area contributed by atoms with Crippen molar-refractivity contribution in [1.29, 1.82) is 0 Å². The monoisotopic (exact) mass is 273 g/mol. The van der Waals surface area contributed by atoms with Crippen molar-refractivity contribution in [2.75, 3.05) is 0 Å².